The van der Waals surface area contributed by atoms with Gasteiger partial charge < -0.3 is 14.2 Å². The number of alkyl halides is 3. The number of fused-ring (bicyclic) bond motifs is 1. The maximum absolute atomic E-state index is 13.2. The Labute approximate surface area is 222 Å². The molecule has 3 heterocycles. The molecular formula is C28H24ClF3N4O2. The van der Waals surface area contributed by atoms with Crippen LogP contribution in [0.4, 0.5) is 18.9 Å². The number of rotatable bonds is 8. The molecule has 10 heteroatoms. The van der Waals surface area contributed by atoms with E-state index in [-0.39, 0.29) is 18.2 Å². The van der Waals surface area contributed by atoms with Crippen LogP contribution in [0.25, 0.3) is 10.9 Å². The van der Waals surface area contributed by atoms with E-state index in [0.717, 1.165) is 39.7 Å². The van der Waals surface area contributed by atoms with Crippen molar-refractivity contribution in [2.75, 3.05) is 4.90 Å². The average molecular weight is 541 g/mol. The van der Waals surface area contributed by atoms with Gasteiger partial charge in [0.2, 0.25) is 0 Å². The maximum atomic E-state index is 13.2. The van der Waals surface area contributed by atoms with Gasteiger partial charge in [-0.25, -0.2) is 4.98 Å². The number of anilines is 1. The van der Waals surface area contributed by atoms with E-state index in [1.54, 1.807) is 12.3 Å². The van der Waals surface area contributed by atoms with Crippen LogP contribution < -0.4 is 15.2 Å². The Hall–Kier alpha value is -4.11. The zero-order chi connectivity index (χ0) is 27.4. The number of aromatic nitrogens is 3. The van der Waals surface area contributed by atoms with E-state index < -0.39 is 17.3 Å². The standard InChI is InChI=1S/C28H24ClF3N4O2/c1-4-11-35(5-2)24-12-18(3)34-27-21(24)7-6-8-25(27)38-17-22-19(13-33-14-23(22)29)15-36-16-20(28(30,31)32)9-10-26(36)37/h4-14,16H,2,15,17H2,1,3H3/b11-4-. The molecule has 0 aliphatic heterocycles. The zero-order valence-electron chi connectivity index (χ0n) is 20.7. The molecule has 1 aromatic carbocycles. The van der Waals surface area contributed by atoms with Crippen molar-refractivity contribution in [1.82, 2.24) is 14.5 Å². The Morgan fingerprint density at radius 1 is 1.21 bits per heavy atom. The van der Waals surface area contributed by atoms with Crippen LogP contribution in [0.2, 0.25) is 5.02 Å². The predicted molar refractivity (Wildman–Crippen MR) is 142 cm³/mol. The monoisotopic (exact) mass is 540 g/mol. The first-order valence-electron chi connectivity index (χ1n) is 11.6. The van der Waals surface area contributed by atoms with Gasteiger partial charge in [-0.2, -0.15) is 13.2 Å². The van der Waals surface area contributed by atoms with E-state index in [1.165, 1.54) is 12.4 Å². The summed E-state index contributed by atoms with van der Waals surface area (Å²) in [6.45, 7) is 7.49. The number of benzene rings is 1. The second-order valence-corrected chi connectivity index (χ2v) is 8.84. The molecular weight excluding hydrogens is 517 g/mol. The summed E-state index contributed by atoms with van der Waals surface area (Å²) in [5, 5.41) is 1.10. The number of hydrogen-bond acceptors (Lipinski definition) is 5. The number of pyridine rings is 3. The molecule has 0 spiro atoms. The fourth-order valence-corrected chi connectivity index (χ4v) is 4.25. The third-order valence-electron chi connectivity index (χ3n) is 5.81. The van der Waals surface area contributed by atoms with Gasteiger partial charge in [-0.05, 0) is 37.6 Å². The third kappa shape index (κ3) is 5.73. The minimum absolute atomic E-state index is 0.0193. The highest BCUT2D eigenvalue weighted by molar-refractivity contribution is 6.31. The minimum Gasteiger partial charge on any atom is -0.487 e. The first-order chi connectivity index (χ1) is 18.1. The van der Waals surface area contributed by atoms with E-state index in [0.29, 0.717) is 22.4 Å². The summed E-state index contributed by atoms with van der Waals surface area (Å²) in [6, 6.07) is 9.13. The highest BCUT2D eigenvalue weighted by Gasteiger charge is 2.31. The number of nitrogens with zero attached hydrogens (tertiary/aromatic N) is 4. The van der Waals surface area contributed by atoms with Gasteiger partial charge in [0.05, 0.1) is 22.8 Å². The highest BCUT2D eigenvalue weighted by Crippen LogP contribution is 2.34. The molecule has 0 fully saturated rings. The summed E-state index contributed by atoms with van der Waals surface area (Å²) in [5.74, 6) is 0.493. The molecule has 0 aliphatic carbocycles. The van der Waals surface area contributed by atoms with Gasteiger partial charge in [0.25, 0.3) is 5.56 Å². The maximum Gasteiger partial charge on any atom is 0.417 e. The van der Waals surface area contributed by atoms with Gasteiger partial charge in [0.1, 0.15) is 17.9 Å². The van der Waals surface area contributed by atoms with Crippen LogP contribution in [0.5, 0.6) is 5.75 Å². The van der Waals surface area contributed by atoms with E-state index in [2.05, 4.69) is 16.5 Å². The van der Waals surface area contributed by atoms with E-state index >= 15 is 0 Å². The van der Waals surface area contributed by atoms with Crippen LogP contribution in [0.3, 0.4) is 0 Å². The number of hydrogen-bond donors (Lipinski definition) is 0. The smallest absolute Gasteiger partial charge is 0.417 e. The number of allylic oxidation sites excluding steroid dienone is 1. The van der Waals surface area contributed by atoms with Crippen molar-refractivity contribution in [3.8, 4) is 5.75 Å². The lowest BCUT2D eigenvalue weighted by molar-refractivity contribution is -0.138. The van der Waals surface area contributed by atoms with Gasteiger partial charge in [0.15, 0.2) is 0 Å². The van der Waals surface area contributed by atoms with Crippen molar-refractivity contribution >= 4 is 28.2 Å². The van der Waals surface area contributed by atoms with Crippen LogP contribution in [0.15, 0.2) is 84.8 Å². The summed E-state index contributed by atoms with van der Waals surface area (Å²) in [5.41, 5.74) is 1.71. The quantitative estimate of drug-likeness (QED) is 0.244. The molecule has 0 saturated heterocycles. The summed E-state index contributed by atoms with van der Waals surface area (Å²) in [7, 11) is 0. The average Bonchev–Trinajstić information content (AvgIpc) is 2.87. The van der Waals surface area contributed by atoms with Gasteiger partial charge in [-0.1, -0.05) is 36.4 Å². The van der Waals surface area contributed by atoms with Crippen molar-refractivity contribution < 1.29 is 17.9 Å². The number of aryl methyl sites for hydroxylation is 1. The molecule has 0 radical (unpaired) electrons. The minimum atomic E-state index is -4.58. The zero-order valence-corrected chi connectivity index (χ0v) is 21.4. The Morgan fingerprint density at radius 2 is 2.00 bits per heavy atom. The van der Waals surface area contributed by atoms with Gasteiger partial charge in [-0.3, -0.25) is 9.78 Å². The molecule has 3 aromatic heterocycles. The van der Waals surface area contributed by atoms with E-state index in [9.17, 15) is 18.0 Å². The van der Waals surface area contributed by atoms with Gasteiger partial charge in [0, 0.05) is 53.7 Å². The number of halogens is 4. The normalized spacial score (nSPS) is 11.7. The topological polar surface area (TPSA) is 60.2 Å². The van der Waals surface area contributed by atoms with Crippen molar-refractivity contribution in [2.45, 2.75) is 33.2 Å². The van der Waals surface area contributed by atoms with Crippen LogP contribution in [-0.4, -0.2) is 14.5 Å². The van der Waals surface area contributed by atoms with Crippen molar-refractivity contribution in [1.29, 1.82) is 0 Å². The lowest BCUT2D eigenvalue weighted by Crippen LogP contribution is -2.22. The predicted octanol–water partition coefficient (Wildman–Crippen LogP) is 6.88. The van der Waals surface area contributed by atoms with Gasteiger partial charge in [-0.15, -0.1) is 0 Å². The number of ether oxygens (including phenoxy) is 1. The van der Waals surface area contributed by atoms with Crippen LogP contribution in [-0.2, 0) is 19.3 Å². The van der Waals surface area contributed by atoms with E-state index in [1.807, 2.05) is 49.2 Å². The lowest BCUT2D eigenvalue weighted by atomic mass is 10.1. The summed E-state index contributed by atoms with van der Waals surface area (Å²) in [6.07, 6.45) is 4.55. The molecule has 6 nitrogen and oxygen atoms in total. The Bertz CT molecular complexity index is 1580. The molecule has 0 amide bonds. The first-order valence-corrected chi connectivity index (χ1v) is 12.0. The van der Waals surface area contributed by atoms with Crippen molar-refractivity contribution in [3.63, 3.8) is 0 Å². The fraction of sp³-hybridized carbons (Fsp3) is 0.179. The van der Waals surface area contributed by atoms with Crippen LogP contribution in [0.1, 0.15) is 29.3 Å². The van der Waals surface area contributed by atoms with Crippen LogP contribution >= 0.6 is 11.6 Å². The molecule has 4 rings (SSSR count). The SMILES string of the molecule is C=CN(/C=C\C)c1cc(C)nc2c(OCc3c(Cl)cncc3Cn3cc(C(F)(F)F)ccc3=O)cccc12. The van der Waals surface area contributed by atoms with Crippen molar-refractivity contribution in [2.24, 2.45) is 0 Å². The third-order valence-corrected chi connectivity index (χ3v) is 6.14. The Kier molecular flexibility index (Phi) is 7.87. The second kappa shape index (κ2) is 11.1. The Balaban J connectivity index is 1.70. The molecule has 0 bridgehead atoms. The summed E-state index contributed by atoms with van der Waals surface area (Å²) < 4.78 is 46.7. The molecule has 38 heavy (non-hydrogen) atoms. The molecule has 0 aliphatic rings. The molecule has 0 N–H and O–H groups in total. The molecule has 0 unspecified atom stereocenters. The summed E-state index contributed by atoms with van der Waals surface area (Å²) >= 11 is 6.42. The van der Waals surface area contributed by atoms with Gasteiger partial charge >= 0.3 is 6.18 Å². The largest absolute Gasteiger partial charge is 0.487 e. The van der Waals surface area contributed by atoms with E-state index in [4.69, 9.17) is 16.3 Å². The molecule has 4 aromatic rings. The summed E-state index contributed by atoms with van der Waals surface area (Å²) in [4.78, 5) is 22.9. The lowest BCUT2D eigenvalue weighted by Gasteiger charge is -2.19. The Morgan fingerprint density at radius 3 is 2.71 bits per heavy atom. The molecule has 0 saturated carbocycles. The first kappa shape index (κ1) is 26.9. The van der Waals surface area contributed by atoms with Crippen LogP contribution in [0, 0.1) is 6.92 Å². The highest BCUT2D eigenvalue weighted by atomic mass is 35.5. The number of para-hydroxylation sites is 1. The second-order valence-electron chi connectivity index (χ2n) is 8.44. The van der Waals surface area contributed by atoms with Crippen molar-refractivity contribution in [3.05, 3.63) is 118 Å². The molecule has 196 valence electrons. The fourth-order valence-electron chi connectivity index (χ4n) is 4.01. The molecule has 0 atom stereocenters.